The van der Waals surface area contributed by atoms with Crippen LogP contribution in [0.5, 0.6) is 0 Å². The fraction of sp³-hybridized carbons (Fsp3) is 0.375. The number of rotatable bonds is 3. The lowest BCUT2D eigenvalue weighted by Crippen LogP contribution is -2.49. The van der Waals surface area contributed by atoms with Crippen LogP contribution in [0.4, 0.5) is 10.5 Å². The average Bonchev–Trinajstić information content (AvgIpc) is 2.51. The monoisotopic (exact) mass is 286 g/mol. The summed E-state index contributed by atoms with van der Waals surface area (Å²) in [6.45, 7) is 2.04. The fourth-order valence-electron chi connectivity index (χ4n) is 2.44. The number of terminal acetylenes is 1. The summed E-state index contributed by atoms with van der Waals surface area (Å²) in [5, 5.41) is 12.0. The first-order valence-electron chi connectivity index (χ1n) is 6.91. The lowest BCUT2D eigenvalue weighted by molar-refractivity contribution is -0.141. The number of hydrogen-bond donors (Lipinski definition) is 2. The number of fused-ring (bicyclic) bond motifs is 1. The smallest absolute Gasteiger partial charge is 0.322 e. The van der Waals surface area contributed by atoms with Crippen LogP contribution in [-0.4, -0.2) is 29.7 Å². The quantitative estimate of drug-likeness (QED) is 0.833. The van der Waals surface area contributed by atoms with Crippen molar-refractivity contribution in [1.29, 1.82) is 0 Å². The van der Waals surface area contributed by atoms with Crippen LogP contribution in [0.2, 0.25) is 0 Å². The van der Waals surface area contributed by atoms with Crippen molar-refractivity contribution in [2.75, 3.05) is 11.4 Å². The maximum absolute atomic E-state index is 12.4. The van der Waals surface area contributed by atoms with Crippen molar-refractivity contribution in [3.8, 4) is 12.3 Å². The first kappa shape index (κ1) is 14.9. The van der Waals surface area contributed by atoms with Gasteiger partial charge in [-0.1, -0.05) is 31.0 Å². The summed E-state index contributed by atoms with van der Waals surface area (Å²) in [4.78, 5) is 25.1. The Balaban J connectivity index is 2.27. The minimum absolute atomic E-state index is 0.152. The summed E-state index contributed by atoms with van der Waals surface area (Å²) in [5.74, 6) is 1.01. The van der Waals surface area contributed by atoms with Gasteiger partial charge < -0.3 is 10.4 Å². The van der Waals surface area contributed by atoms with Crippen LogP contribution in [0.25, 0.3) is 0 Å². The van der Waals surface area contributed by atoms with E-state index in [1.165, 1.54) is 4.90 Å². The second-order valence-electron chi connectivity index (χ2n) is 5.06. The Labute approximate surface area is 124 Å². The second kappa shape index (κ2) is 6.31. The summed E-state index contributed by atoms with van der Waals surface area (Å²) in [6, 6.07) is 6.65. The molecule has 0 aliphatic carbocycles. The molecule has 2 amide bonds. The molecule has 0 bridgehead atoms. The van der Waals surface area contributed by atoms with Gasteiger partial charge in [-0.2, -0.15) is 0 Å². The molecule has 1 heterocycles. The molecule has 1 aromatic carbocycles. The van der Waals surface area contributed by atoms with Gasteiger partial charge in [0.1, 0.15) is 0 Å². The molecule has 2 unspecified atom stereocenters. The highest BCUT2D eigenvalue weighted by Crippen LogP contribution is 2.29. The van der Waals surface area contributed by atoms with E-state index < -0.39 is 11.9 Å². The Morgan fingerprint density at radius 1 is 1.52 bits per heavy atom. The highest BCUT2D eigenvalue weighted by Gasteiger charge is 2.32. The normalized spacial score (nSPS) is 18.3. The van der Waals surface area contributed by atoms with Crippen LogP contribution in [0.1, 0.15) is 18.9 Å². The minimum Gasteiger partial charge on any atom is -0.481 e. The first-order valence-corrected chi connectivity index (χ1v) is 6.91. The zero-order valence-corrected chi connectivity index (χ0v) is 11.9. The van der Waals surface area contributed by atoms with E-state index >= 15 is 0 Å². The molecule has 0 fully saturated rings. The number of carboxylic acid groups (broad SMARTS) is 1. The van der Waals surface area contributed by atoms with Gasteiger partial charge in [-0.3, -0.25) is 9.69 Å². The van der Waals surface area contributed by atoms with Crippen molar-refractivity contribution in [2.24, 2.45) is 5.92 Å². The van der Waals surface area contributed by atoms with Gasteiger partial charge >= 0.3 is 12.0 Å². The van der Waals surface area contributed by atoms with Gasteiger partial charge in [0.15, 0.2) is 0 Å². The third-order valence-corrected chi connectivity index (χ3v) is 3.65. The average molecular weight is 286 g/mol. The molecule has 110 valence electrons. The van der Waals surface area contributed by atoms with Gasteiger partial charge in [0.25, 0.3) is 0 Å². The van der Waals surface area contributed by atoms with Crippen molar-refractivity contribution >= 4 is 17.7 Å². The Bertz CT molecular complexity index is 591. The number of nitrogens with zero attached hydrogens (tertiary/aromatic N) is 1. The SMILES string of the molecule is C#CC(CC)NC(=O)N1CC(C(=O)O)Cc2ccccc21. The molecular formula is C16H18N2O3. The fourth-order valence-corrected chi connectivity index (χ4v) is 2.44. The molecule has 21 heavy (non-hydrogen) atoms. The molecule has 2 atom stereocenters. The number of benzene rings is 1. The van der Waals surface area contributed by atoms with Gasteiger partial charge in [0, 0.05) is 12.2 Å². The number of aliphatic carboxylic acids is 1. The molecule has 0 radical (unpaired) electrons. The van der Waals surface area contributed by atoms with E-state index in [9.17, 15) is 14.7 Å². The van der Waals surface area contributed by atoms with E-state index in [4.69, 9.17) is 6.42 Å². The molecule has 2 rings (SSSR count). The maximum atomic E-state index is 12.4. The summed E-state index contributed by atoms with van der Waals surface area (Å²) >= 11 is 0. The number of hydrogen-bond acceptors (Lipinski definition) is 2. The van der Waals surface area contributed by atoms with Gasteiger partial charge in [0.05, 0.1) is 12.0 Å². The number of carbonyl (C=O) groups excluding carboxylic acids is 1. The Morgan fingerprint density at radius 2 is 2.24 bits per heavy atom. The Hall–Kier alpha value is -2.48. The van der Waals surface area contributed by atoms with Crippen molar-refractivity contribution in [1.82, 2.24) is 5.32 Å². The Kier molecular flexibility index (Phi) is 4.49. The van der Waals surface area contributed by atoms with E-state index in [2.05, 4.69) is 11.2 Å². The highest BCUT2D eigenvalue weighted by molar-refractivity contribution is 5.94. The topological polar surface area (TPSA) is 69.6 Å². The largest absolute Gasteiger partial charge is 0.481 e. The molecule has 1 aromatic rings. The van der Waals surface area contributed by atoms with E-state index in [0.717, 1.165) is 11.3 Å². The number of carboxylic acids is 1. The van der Waals surface area contributed by atoms with Crippen LogP contribution in [0, 0.1) is 18.3 Å². The van der Waals surface area contributed by atoms with Gasteiger partial charge in [-0.15, -0.1) is 6.42 Å². The van der Waals surface area contributed by atoms with Crippen LogP contribution in [0.15, 0.2) is 24.3 Å². The number of para-hydroxylation sites is 1. The lowest BCUT2D eigenvalue weighted by Gasteiger charge is -2.33. The Morgan fingerprint density at radius 3 is 2.86 bits per heavy atom. The van der Waals surface area contributed by atoms with E-state index in [1.807, 2.05) is 31.2 Å². The van der Waals surface area contributed by atoms with Crippen LogP contribution < -0.4 is 10.2 Å². The van der Waals surface area contributed by atoms with Gasteiger partial charge in [0.2, 0.25) is 0 Å². The van der Waals surface area contributed by atoms with Gasteiger partial charge in [-0.05, 0) is 24.5 Å². The standard InChI is InChI=1S/C16H18N2O3/c1-3-13(4-2)17-16(21)18-10-12(15(19)20)9-11-7-5-6-8-14(11)18/h1,5-8,12-13H,4,9-10H2,2H3,(H,17,21)(H,19,20). The summed E-state index contributed by atoms with van der Waals surface area (Å²) in [5.41, 5.74) is 1.61. The molecular weight excluding hydrogens is 268 g/mol. The predicted octanol–water partition coefficient (Wildman–Crippen LogP) is 1.87. The first-order chi connectivity index (χ1) is 10.1. The molecule has 0 aromatic heterocycles. The minimum atomic E-state index is -0.897. The van der Waals surface area contributed by atoms with Gasteiger partial charge in [-0.25, -0.2) is 4.79 Å². The summed E-state index contributed by atoms with van der Waals surface area (Å²) in [7, 11) is 0. The second-order valence-corrected chi connectivity index (χ2v) is 5.06. The summed E-state index contributed by atoms with van der Waals surface area (Å²) in [6.07, 6.45) is 6.41. The molecule has 5 heteroatoms. The van der Waals surface area contributed by atoms with Crippen LogP contribution >= 0.6 is 0 Å². The third kappa shape index (κ3) is 3.16. The van der Waals surface area contributed by atoms with E-state index in [0.29, 0.717) is 12.8 Å². The zero-order valence-electron chi connectivity index (χ0n) is 11.9. The number of carbonyl (C=O) groups is 2. The number of amides is 2. The van der Waals surface area contributed by atoms with E-state index in [-0.39, 0.29) is 18.6 Å². The molecule has 0 saturated carbocycles. The number of nitrogens with one attached hydrogen (secondary N) is 1. The van der Waals surface area contributed by atoms with Crippen molar-refractivity contribution in [3.63, 3.8) is 0 Å². The predicted molar refractivity (Wildman–Crippen MR) is 80.1 cm³/mol. The molecule has 1 aliphatic rings. The van der Waals surface area contributed by atoms with Crippen LogP contribution in [-0.2, 0) is 11.2 Å². The third-order valence-electron chi connectivity index (χ3n) is 3.65. The highest BCUT2D eigenvalue weighted by atomic mass is 16.4. The zero-order chi connectivity index (χ0) is 15.4. The number of anilines is 1. The molecule has 1 aliphatic heterocycles. The molecule has 5 nitrogen and oxygen atoms in total. The molecule has 2 N–H and O–H groups in total. The number of urea groups is 1. The van der Waals surface area contributed by atoms with Crippen molar-refractivity contribution in [3.05, 3.63) is 29.8 Å². The van der Waals surface area contributed by atoms with E-state index in [1.54, 1.807) is 0 Å². The van der Waals surface area contributed by atoms with Crippen molar-refractivity contribution in [2.45, 2.75) is 25.8 Å². The maximum Gasteiger partial charge on any atom is 0.322 e. The molecule has 0 spiro atoms. The van der Waals surface area contributed by atoms with Crippen molar-refractivity contribution < 1.29 is 14.7 Å². The lowest BCUT2D eigenvalue weighted by atomic mass is 9.93. The van der Waals surface area contributed by atoms with Crippen LogP contribution in [0.3, 0.4) is 0 Å². The summed E-state index contributed by atoms with van der Waals surface area (Å²) < 4.78 is 0. The molecule has 0 saturated heterocycles.